The number of unbranched alkanes of at least 4 members (excludes halogenated alkanes) is 6. The Balaban J connectivity index is 1.88. The first-order valence-electron chi connectivity index (χ1n) is 6.96. The minimum absolute atomic E-state index is 0.339. The largest absolute Gasteiger partial charge is 0.348 e. The third-order valence-electron chi connectivity index (χ3n) is 3.20. The van der Waals surface area contributed by atoms with Crippen LogP contribution in [0.2, 0.25) is 0 Å². The van der Waals surface area contributed by atoms with Crippen molar-refractivity contribution in [1.29, 1.82) is 0 Å². The molecular weight excluding hydrogens is 200 g/mol. The average Bonchev–Trinajstić information content (AvgIpc) is 2.57. The van der Waals surface area contributed by atoms with E-state index in [4.69, 9.17) is 9.47 Å². The first-order chi connectivity index (χ1) is 7.64. The van der Waals surface area contributed by atoms with E-state index in [1.165, 1.54) is 44.9 Å². The van der Waals surface area contributed by atoms with Crippen LogP contribution < -0.4 is 0 Å². The Morgan fingerprint density at radius 3 is 2.19 bits per heavy atom. The fourth-order valence-electron chi connectivity index (χ4n) is 2.23. The van der Waals surface area contributed by atoms with Crippen molar-refractivity contribution in [3.8, 4) is 0 Å². The monoisotopic (exact) mass is 228 g/mol. The standard InChI is InChI=1S/C14H28O2/c1-4-5-6-7-8-9-10-11-13-12-15-14(2,3)16-13/h13H,4-12H2,1-3H3. The lowest BCUT2D eigenvalue weighted by Crippen LogP contribution is -2.21. The molecule has 16 heavy (non-hydrogen) atoms. The van der Waals surface area contributed by atoms with E-state index in [2.05, 4.69) is 6.92 Å². The van der Waals surface area contributed by atoms with Crippen molar-refractivity contribution in [3.63, 3.8) is 0 Å². The molecule has 0 aromatic heterocycles. The fraction of sp³-hybridized carbons (Fsp3) is 1.00. The highest BCUT2D eigenvalue weighted by Crippen LogP contribution is 2.25. The van der Waals surface area contributed by atoms with E-state index in [9.17, 15) is 0 Å². The van der Waals surface area contributed by atoms with Crippen molar-refractivity contribution < 1.29 is 9.47 Å². The summed E-state index contributed by atoms with van der Waals surface area (Å²) in [5.74, 6) is -0.341. The van der Waals surface area contributed by atoms with Crippen molar-refractivity contribution >= 4 is 0 Å². The molecule has 0 aliphatic carbocycles. The van der Waals surface area contributed by atoms with Crippen LogP contribution in [0.1, 0.15) is 72.1 Å². The van der Waals surface area contributed by atoms with Gasteiger partial charge in [-0.05, 0) is 20.3 Å². The van der Waals surface area contributed by atoms with Gasteiger partial charge in [-0.2, -0.15) is 0 Å². The van der Waals surface area contributed by atoms with Gasteiger partial charge in [0.25, 0.3) is 0 Å². The van der Waals surface area contributed by atoms with Gasteiger partial charge in [0, 0.05) is 0 Å². The summed E-state index contributed by atoms with van der Waals surface area (Å²) in [7, 11) is 0. The predicted molar refractivity (Wildman–Crippen MR) is 67.5 cm³/mol. The van der Waals surface area contributed by atoms with Gasteiger partial charge in [-0.15, -0.1) is 0 Å². The van der Waals surface area contributed by atoms with Crippen LogP contribution in [0.15, 0.2) is 0 Å². The third-order valence-corrected chi connectivity index (χ3v) is 3.20. The van der Waals surface area contributed by atoms with Gasteiger partial charge in [0.05, 0.1) is 12.7 Å². The lowest BCUT2D eigenvalue weighted by Gasteiger charge is -2.16. The second kappa shape index (κ2) is 7.29. The molecule has 0 bridgehead atoms. The summed E-state index contributed by atoms with van der Waals surface area (Å²) >= 11 is 0. The highest BCUT2D eigenvalue weighted by molar-refractivity contribution is 4.70. The topological polar surface area (TPSA) is 18.5 Å². The van der Waals surface area contributed by atoms with Crippen LogP contribution >= 0.6 is 0 Å². The Hall–Kier alpha value is -0.0800. The van der Waals surface area contributed by atoms with Gasteiger partial charge in [0.2, 0.25) is 0 Å². The molecule has 0 aromatic rings. The quantitative estimate of drug-likeness (QED) is 0.577. The lowest BCUT2D eigenvalue weighted by molar-refractivity contribution is -0.139. The summed E-state index contributed by atoms with van der Waals surface area (Å²) < 4.78 is 11.3. The Bertz CT molecular complexity index is 178. The van der Waals surface area contributed by atoms with E-state index < -0.39 is 0 Å². The number of ether oxygens (including phenoxy) is 2. The molecule has 0 aromatic carbocycles. The molecule has 1 heterocycles. The number of rotatable bonds is 8. The smallest absolute Gasteiger partial charge is 0.163 e. The third kappa shape index (κ3) is 5.86. The molecule has 1 fully saturated rings. The van der Waals surface area contributed by atoms with Gasteiger partial charge in [0.15, 0.2) is 5.79 Å². The minimum Gasteiger partial charge on any atom is -0.348 e. The molecule has 0 spiro atoms. The maximum Gasteiger partial charge on any atom is 0.163 e. The highest BCUT2D eigenvalue weighted by Gasteiger charge is 2.31. The Kier molecular flexibility index (Phi) is 6.37. The van der Waals surface area contributed by atoms with Gasteiger partial charge in [-0.1, -0.05) is 51.9 Å². The molecule has 0 amide bonds. The van der Waals surface area contributed by atoms with E-state index in [0.717, 1.165) is 13.0 Å². The summed E-state index contributed by atoms with van der Waals surface area (Å²) in [5.41, 5.74) is 0. The lowest BCUT2D eigenvalue weighted by atomic mass is 10.1. The molecule has 2 heteroatoms. The second-order valence-corrected chi connectivity index (χ2v) is 5.36. The normalized spacial score (nSPS) is 23.8. The molecule has 1 saturated heterocycles. The molecule has 2 nitrogen and oxygen atoms in total. The van der Waals surface area contributed by atoms with E-state index in [1.54, 1.807) is 0 Å². The van der Waals surface area contributed by atoms with E-state index in [0.29, 0.717) is 6.10 Å². The SMILES string of the molecule is CCCCCCCCCC1COC(C)(C)O1. The average molecular weight is 228 g/mol. The van der Waals surface area contributed by atoms with Crippen molar-refractivity contribution in [2.75, 3.05) is 6.61 Å². The highest BCUT2D eigenvalue weighted by atomic mass is 16.7. The molecule has 1 rings (SSSR count). The predicted octanol–water partition coefficient (Wildman–Crippen LogP) is 4.28. The Morgan fingerprint density at radius 1 is 1.00 bits per heavy atom. The number of hydrogen-bond acceptors (Lipinski definition) is 2. The number of hydrogen-bond donors (Lipinski definition) is 0. The summed E-state index contributed by atoms with van der Waals surface area (Å²) in [6.07, 6.45) is 11.1. The van der Waals surface area contributed by atoms with Crippen molar-refractivity contribution in [2.45, 2.75) is 84.0 Å². The van der Waals surface area contributed by atoms with Crippen LogP contribution in [0, 0.1) is 0 Å². The Morgan fingerprint density at radius 2 is 1.62 bits per heavy atom. The first-order valence-corrected chi connectivity index (χ1v) is 6.96. The Labute approximate surface area is 101 Å². The van der Waals surface area contributed by atoms with Crippen LogP contribution in [-0.4, -0.2) is 18.5 Å². The molecular formula is C14H28O2. The van der Waals surface area contributed by atoms with Crippen LogP contribution in [-0.2, 0) is 9.47 Å². The molecule has 1 atom stereocenters. The fourth-order valence-corrected chi connectivity index (χ4v) is 2.23. The van der Waals surface area contributed by atoms with E-state index >= 15 is 0 Å². The molecule has 0 N–H and O–H groups in total. The van der Waals surface area contributed by atoms with Gasteiger partial charge in [-0.25, -0.2) is 0 Å². The van der Waals surface area contributed by atoms with Crippen LogP contribution in [0.5, 0.6) is 0 Å². The molecule has 96 valence electrons. The first kappa shape index (κ1) is 14.0. The minimum atomic E-state index is -0.341. The zero-order chi connectivity index (χ0) is 11.9. The van der Waals surface area contributed by atoms with Gasteiger partial charge >= 0.3 is 0 Å². The van der Waals surface area contributed by atoms with E-state index in [1.807, 2.05) is 13.8 Å². The van der Waals surface area contributed by atoms with Crippen LogP contribution in [0.3, 0.4) is 0 Å². The summed E-state index contributed by atoms with van der Waals surface area (Å²) in [6.45, 7) is 7.04. The molecule has 1 unspecified atom stereocenters. The van der Waals surface area contributed by atoms with E-state index in [-0.39, 0.29) is 5.79 Å². The molecule has 1 aliphatic rings. The van der Waals surface area contributed by atoms with Crippen molar-refractivity contribution in [1.82, 2.24) is 0 Å². The molecule has 0 radical (unpaired) electrons. The summed E-state index contributed by atoms with van der Waals surface area (Å²) in [4.78, 5) is 0. The van der Waals surface area contributed by atoms with Crippen molar-refractivity contribution in [3.05, 3.63) is 0 Å². The molecule has 1 aliphatic heterocycles. The zero-order valence-corrected chi connectivity index (χ0v) is 11.3. The van der Waals surface area contributed by atoms with Crippen LogP contribution in [0.25, 0.3) is 0 Å². The summed E-state index contributed by atoms with van der Waals surface area (Å²) in [6, 6.07) is 0. The van der Waals surface area contributed by atoms with Gasteiger partial charge in [-0.3, -0.25) is 0 Å². The van der Waals surface area contributed by atoms with Gasteiger partial charge < -0.3 is 9.47 Å². The maximum atomic E-state index is 5.77. The maximum absolute atomic E-state index is 5.77. The zero-order valence-electron chi connectivity index (χ0n) is 11.3. The summed E-state index contributed by atoms with van der Waals surface area (Å²) in [5, 5.41) is 0. The van der Waals surface area contributed by atoms with Crippen LogP contribution in [0.4, 0.5) is 0 Å². The van der Waals surface area contributed by atoms with Gasteiger partial charge in [0.1, 0.15) is 0 Å². The molecule has 0 saturated carbocycles. The second-order valence-electron chi connectivity index (χ2n) is 5.36. The van der Waals surface area contributed by atoms with Crippen molar-refractivity contribution in [2.24, 2.45) is 0 Å².